The van der Waals surface area contributed by atoms with Crippen LogP contribution in [0.25, 0.3) is 17.4 Å². The number of aryl methyl sites for hydroxylation is 1. The van der Waals surface area contributed by atoms with E-state index in [9.17, 15) is 9.59 Å². The van der Waals surface area contributed by atoms with Crippen LogP contribution >= 0.6 is 23.2 Å². The third-order valence-electron chi connectivity index (χ3n) is 4.51. The van der Waals surface area contributed by atoms with Crippen LogP contribution in [0.3, 0.4) is 0 Å². The largest absolute Gasteiger partial charge is 0.457 e. The third kappa shape index (κ3) is 6.23. The van der Waals surface area contributed by atoms with Crippen LogP contribution in [0.4, 0.5) is 0 Å². The predicted octanol–water partition coefficient (Wildman–Crippen LogP) is 5.10. The van der Waals surface area contributed by atoms with Gasteiger partial charge in [0.25, 0.3) is 11.8 Å². The fourth-order valence-electron chi connectivity index (χ4n) is 2.82. The van der Waals surface area contributed by atoms with Gasteiger partial charge in [-0.25, -0.2) is 0 Å². The molecular weight excluding hydrogens is 451 g/mol. The van der Waals surface area contributed by atoms with Crippen LogP contribution in [0.15, 0.2) is 64.7 Å². The second kappa shape index (κ2) is 11.0. The zero-order valence-electron chi connectivity index (χ0n) is 17.6. The Morgan fingerprint density at radius 3 is 2.53 bits per heavy atom. The molecule has 0 unspecified atom stereocenters. The molecule has 3 rings (SSSR count). The first-order chi connectivity index (χ1) is 15.4. The number of nitrogens with one attached hydrogen (secondary N) is 2. The van der Waals surface area contributed by atoms with Crippen molar-refractivity contribution in [3.63, 3.8) is 0 Å². The zero-order valence-corrected chi connectivity index (χ0v) is 19.1. The molecule has 6 nitrogen and oxygen atoms in total. The lowest BCUT2D eigenvalue weighted by Gasteiger charge is -2.11. The molecule has 1 heterocycles. The third-order valence-corrected chi connectivity index (χ3v) is 5.07. The lowest BCUT2D eigenvalue weighted by Crippen LogP contribution is -2.36. The predicted molar refractivity (Wildman–Crippen MR) is 126 cm³/mol. The summed E-state index contributed by atoms with van der Waals surface area (Å²) in [6, 6.07) is 15.5. The number of amides is 2. The molecule has 2 N–H and O–H groups in total. The summed E-state index contributed by atoms with van der Waals surface area (Å²) in [6.45, 7) is 2.55. The Kier molecular flexibility index (Phi) is 8.11. The number of furan rings is 1. The van der Waals surface area contributed by atoms with Crippen molar-refractivity contribution in [2.75, 3.05) is 20.3 Å². The highest BCUT2D eigenvalue weighted by molar-refractivity contribution is 6.35. The smallest absolute Gasteiger partial charge is 0.268 e. The molecule has 2 aromatic carbocycles. The Hall–Kier alpha value is -3.06. The molecule has 0 aliphatic rings. The lowest BCUT2D eigenvalue weighted by molar-refractivity contribution is -0.117. The van der Waals surface area contributed by atoms with Crippen molar-refractivity contribution in [1.29, 1.82) is 0 Å². The summed E-state index contributed by atoms with van der Waals surface area (Å²) in [5.41, 5.74) is 2.10. The molecule has 32 heavy (non-hydrogen) atoms. The van der Waals surface area contributed by atoms with Crippen molar-refractivity contribution < 1.29 is 18.7 Å². The van der Waals surface area contributed by atoms with Gasteiger partial charge in [0.2, 0.25) is 0 Å². The van der Waals surface area contributed by atoms with Gasteiger partial charge in [-0.1, -0.05) is 40.9 Å². The maximum atomic E-state index is 12.7. The van der Waals surface area contributed by atoms with Gasteiger partial charge in [0.05, 0.1) is 11.6 Å². The van der Waals surface area contributed by atoms with E-state index in [4.69, 9.17) is 32.4 Å². The molecule has 0 spiro atoms. The molecule has 0 saturated carbocycles. The second-order valence-electron chi connectivity index (χ2n) is 6.95. The van der Waals surface area contributed by atoms with E-state index in [0.717, 1.165) is 5.56 Å². The summed E-state index contributed by atoms with van der Waals surface area (Å²) in [6.07, 6.45) is 1.45. The SMILES string of the molecule is COCCNC(=O)/C(=C\c1ccc(-c2cc(Cl)ccc2Cl)o1)NC(=O)c1ccc(C)cc1. The Morgan fingerprint density at radius 2 is 1.81 bits per heavy atom. The summed E-state index contributed by atoms with van der Waals surface area (Å²) in [5.74, 6) is -0.0473. The maximum Gasteiger partial charge on any atom is 0.268 e. The first-order valence-electron chi connectivity index (χ1n) is 9.79. The second-order valence-corrected chi connectivity index (χ2v) is 7.80. The summed E-state index contributed by atoms with van der Waals surface area (Å²) < 4.78 is 10.8. The standard InChI is InChI=1S/C24H22Cl2N2O4/c1-15-3-5-16(6-4-15)23(29)28-21(24(30)27-11-12-31-2)14-18-8-10-22(32-18)19-13-17(25)7-9-20(19)26/h3-10,13-14H,11-12H2,1-2H3,(H,27,30)(H,28,29)/b21-14+. The van der Waals surface area contributed by atoms with Crippen LogP contribution in [0.2, 0.25) is 10.0 Å². The van der Waals surface area contributed by atoms with Gasteiger partial charge in [0, 0.05) is 35.9 Å². The molecule has 0 fully saturated rings. The lowest BCUT2D eigenvalue weighted by atomic mass is 10.1. The highest BCUT2D eigenvalue weighted by atomic mass is 35.5. The van der Waals surface area contributed by atoms with Gasteiger partial charge in [-0.05, 0) is 49.4 Å². The molecule has 2 amide bonds. The fourth-order valence-corrected chi connectivity index (χ4v) is 3.21. The first kappa shape index (κ1) is 23.6. The minimum Gasteiger partial charge on any atom is -0.457 e. The number of carbonyl (C=O) groups excluding carboxylic acids is 2. The van der Waals surface area contributed by atoms with Gasteiger partial charge in [-0.2, -0.15) is 0 Å². The van der Waals surface area contributed by atoms with Crippen LogP contribution in [0.1, 0.15) is 21.7 Å². The maximum absolute atomic E-state index is 12.7. The first-order valence-corrected chi connectivity index (χ1v) is 10.5. The number of rotatable bonds is 8. The monoisotopic (exact) mass is 472 g/mol. The summed E-state index contributed by atoms with van der Waals surface area (Å²) >= 11 is 12.3. The van der Waals surface area contributed by atoms with E-state index in [2.05, 4.69) is 10.6 Å². The molecule has 0 bridgehead atoms. The van der Waals surface area contributed by atoms with Crippen molar-refractivity contribution in [2.24, 2.45) is 0 Å². The molecule has 0 saturated heterocycles. The van der Waals surface area contributed by atoms with E-state index in [1.165, 1.54) is 13.2 Å². The summed E-state index contributed by atoms with van der Waals surface area (Å²) in [5, 5.41) is 6.35. The van der Waals surface area contributed by atoms with E-state index in [1.54, 1.807) is 42.5 Å². The van der Waals surface area contributed by atoms with Crippen LogP contribution < -0.4 is 10.6 Å². The quantitative estimate of drug-likeness (QED) is 0.353. The summed E-state index contributed by atoms with van der Waals surface area (Å²) in [4.78, 5) is 25.4. The van der Waals surface area contributed by atoms with Crippen LogP contribution in [-0.4, -0.2) is 32.1 Å². The molecule has 0 radical (unpaired) electrons. The molecule has 3 aromatic rings. The number of ether oxygens (including phenoxy) is 1. The molecule has 0 aliphatic carbocycles. The van der Waals surface area contributed by atoms with Crippen molar-refractivity contribution in [2.45, 2.75) is 6.92 Å². The molecule has 8 heteroatoms. The van der Waals surface area contributed by atoms with Crippen molar-refractivity contribution in [3.8, 4) is 11.3 Å². The molecule has 166 valence electrons. The fraction of sp³-hybridized carbons (Fsp3) is 0.167. The zero-order chi connectivity index (χ0) is 23.1. The van der Waals surface area contributed by atoms with E-state index in [-0.39, 0.29) is 12.2 Å². The number of hydrogen-bond acceptors (Lipinski definition) is 4. The Morgan fingerprint density at radius 1 is 1.06 bits per heavy atom. The number of halogens is 2. The van der Waals surface area contributed by atoms with Gasteiger partial charge in [0.1, 0.15) is 17.2 Å². The molecule has 0 atom stereocenters. The highest BCUT2D eigenvalue weighted by Gasteiger charge is 2.16. The Bertz CT molecular complexity index is 1140. The highest BCUT2D eigenvalue weighted by Crippen LogP contribution is 2.32. The minimum absolute atomic E-state index is 0.0322. The van der Waals surface area contributed by atoms with Gasteiger partial charge >= 0.3 is 0 Å². The van der Waals surface area contributed by atoms with Crippen molar-refractivity contribution >= 4 is 41.1 Å². The van der Waals surface area contributed by atoms with Crippen molar-refractivity contribution in [1.82, 2.24) is 10.6 Å². The number of methoxy groups -OCH3 is 1. The summed E-state index contributed by atoms with van der Waals surface area (Å²) in [7, 11) is 1.54. The van der Waals surface area contributed by atoms with Crippen LogP contribution in [0.5, 0.6) is 0 Å². The number of benzene rings is 2. The van der Waals surface area contributed by atoms with Gasteiger partial charge in [-0.3, -0.25) is 9.59 Å². The van der Waals surface area contributed by atoms with Gasteiger partial charge in [-0.15, -0.1) is 0 Å². The van der Waals surface area contributed by atoms with Gasteiger partial charge < -0.3 is 19.8 Å². The topological polar surface area (TPSA) is 80.6 Å². The average Bonchev–Trinajstić information content (AvgIpc) is 3.23. The van der Waals surface area contributed by atoms with Gasteiger partial charge in [0.15, 0.2) is 0 Å². The number of carbonyl (C=O) groups is 2. The van der Waals surface area contributed by atoms with Crippen molar-refractivity contribution in [3.05, 3.63) is 87.2 Å². The Balaban J connectivity index is 1.88. The molecule has 0 aliphatic heterocycles. The van der Waals surface area contributed by atoms with E-state index >= 15 is 0 Å². The Labute approximate surface area is 196 Å². The number of hydrogen-bond donors (Lipinski definition) is 2. The van der Waals surface area contributed by atoms with E-state index in [0.29, 0.717) is 39.3 Å². The van der Waals surface area contributed by atoms with E-state index < -0.39 is 11.8 Å². The molecular formula is C24H22Cl2N2O4. The van der Waals surface area contributed by atoms with Crippen LogP contribution in [0, 0.1) is 6.92 Å². The minimum atomic E-state index is -0.471. The average molecular weight is 473 g/mol. The van der Waals surface area contributed by atoms with Crippen LogP contribution in [-0.2, 0) is 9.53 Å². The molecule has 1 aromatic heterocycles. The normalized spacial score (nSPS) is 11.3. The van der Waals surface area contributed by atoms with E-state index in [1.807, 2.05) is 19.1 Å².